The Labute approximate surface area is 419 Å². The van der Waals surface area contributed by atoms with Crippen LogP contribution in [0.3, 0.4) is 0 Å². The third-order valence-electron chi connectivity index (χ3n) is 13.0. The summed E-state index contributed by atoms with van der Waals surface area (Å²) in [6.45, 7) is 22.2. The van der Waals surface area contributed by atoms with Crippen LogP contribution in [-0.2, 0) is 30.9 Å². The van der Waals surface area contributed by atoms with Gasteiger partial charge in [0.1, 0.15) is 5.58 Å². The predicted octanol–water partition coefficient (Wildman–Crippen LogP) is 16.5. The van der Waals surface area contributed by atoms with Crippen LogP contribution < -0.4 is 0 Å². The first-order chi connectivity index (χ1) is 32.6. The van der Waals surface area contributed by atoms with Crippen LogP contribution in [-0.4, -0.2) is 24.5 Å². The average molecular weight is 1080 g/mol. The average Bonchev–Trinajstić information content (AvgIpc) is 3.91. The first kappa shape index (κ1) is 47.3. The molecule has 7 heteroatoms. The minimum absolute atomic E-state index is 0. The first-order valence-corrected chi connectivity index (χ1v) is 23.8. The van der Waals surface area contributed by atoms with E-state index in [0.29, 0.717) is 0 Å². The van der Waals surface area contributed by atoms with Crippen LogP contribution in [0.5, 0.6) is 0 Å². The summed E-state index contributed by atoms with van der Waals surface area (Å²) in [5.74, 6) is 2.05. The van der Waals surface area contributed by atoms with E-state index in [1.165, 1.54) is 43.9 Å². The molecule has 0 amide bonds. The van der Waals surface area contributed by atoms with Gasteiger partial charge in [-0.1, -0.05) is 135 Å². The summed E-state index contributed by atoms with van der Waals surface area (Å²) in [6, 6.07) is 55.5. The molecule has 0 saturated heterocycles. The zero-order chi connectivity index (χ0) is 47.5. The van der Waals surface area contributed by atoms with Crippen LogP contribution in [0.1, 0.15) is 103 Å². The van der Waals surface area contributed by atoms with Gasteiger partial charge in [-0.25, -0.2) is 0 Å². The molecule has 0 aliphatic heterocycles. The molecule has 347 valence electrons. The van der Waals surface area contributed by atoms with Gasteiger partial charge in [0.25, 0.3) is 0 Å². The fraction of sp³-hybridized carbons (Fsp3) is 0.226. The van der Waals surface area contributed by atoms with E-state index in [4.69, 9.17) is 14.4 Å². The Bertz CT molecular complexity index is 3620. The second kappa shape index (κ2) is 18.6. The fourth-order valence-corrected chi connectivity index (χ4v) is 9.24. The number of hydrogen-bond acceptors (Lipinski definition) is 5. The molecule has 11 rings (SSSR count). The molecule has 4 aromatic heterocycles. The van der Waals surface area contributed by atoms with Crippen molar-refractivity contribution in [1.82, 2.24) is 24.5 Å². The van der Waals surface area contributed by atoms with Crippen molar-refractivity contribution >= 4 is 54.5 Å². The van der Waals surface area contributed by atoms with E-state index in [0.717, 1.165) is 72.7 Å². The van der Waals surface area contributed by atoms with Crippen molar-refractivity contribution in [2.75, 3.05) is 0 Å². The fourth-order valence-electron chi connectivity index (χ4n) is 9.24. The molecule has 11 aromatic rings. The van der Waals surface area contributed by atoms with Crippen molar-refractivity contribution in [3.05, 3.63) is 186 Å². The van der Waals surface area contributed by atoms with Gasteiger partial charge in [-0.05, 0) is 104 Å². The van der Waals surface area contributed by atoms with Crippen molar-refractivity contribution < 1.29 is 24.5 Å². The molecule has 1 radical (unpaired) electrons. The molecular formula is C62H57IrN5O-2. The zero-order valence-corrected chi connectivity index (χ0v) is 43.5. The van der Waals surface area contributed by atoms with E-state index in [-0.39, 0.29) is 42.8 Å². The standard InChI is InChI=1S/C48H42N3O.C14H15N2.Ir/c1-28(2)37-24-32(41-22-21-33(27-49-41)48(5,6)7)25-38(29(3)4)45(37)51-43-18-11-10-17-42(43)50-47(51)36-16-12-15-35-40-23-31-20-19-30-13-8-9-14-34(30)39(31)26-44(40)52-46(35)36;1-14(2,3)12-9-10-15-13(16-12)11-7-5-4-6-8-11;/h8-15,17-29H,1-7H3;4-7,9-10H,1-3H3;/q2*-1;. The molecule has 0 fully saturated rings. The zero-order valence-electron chi connectivity index (χ0n) is 41.1. The number of benzene rings is 7. The Hall–Kier alpha value is -6.79. The van der Waals surface area contributed by atoms with Gasteiger partial charge in [-0.3, -0.25) is 19.9 Å². The molecule has 6 nitrogen and oxygen atoms in total. The van der Waals surface area contributed by atoms with E-state index < -0.39 is 0 Å². The Kier molecular flexibility index (Phi) is 12.7. The van der Waals surface area contributed by atoms with Gasteiger partial charge in [0, 0.05) is 60.2 Å². The van der Waals surface area contributed by atoms with Crippen LogP contribution in [0.4, 0.5) is 0 Å². The summed E-state index contributed by atoms with van der Waals surface area (Å²) < 4.78 is 9.22. The van der Waals surface area contributed by atoms with Gasteiger partial charge in [0.2, 0.25) is 0 Å². The smallest absolute Gasteiger partial charge is 0.121 e. The summed E-state index contributed by atoms with van der Waals surface area (Å²) in [5.41, 5.74) is 13.6. The minimum atomic E-state index is 0. The van der Waals surface area contributed by atoms with Crippen LogP contribution in [0.2, 0.25) is 0 Å². The van der Waals surface area contributed by atoms with Gasteiger partial charge in [-0.2, -0.15) is 0 Å². The molecule has 69 heavy (non-hydrogen) atoms. The van der Waals surface area contributed by atoms with Crippen molar-refractivity contribution in [2.45, 2.75) is 91.9 Å². The first-order valence-electron chi connectivity index (χ1n) is 23.8. The monoisotopic (exact) mass is 1080 g/mol. The third kappa shape index (κ3) is 9.02. The Balaban J connectivity index is 0.000000296. The van der Waals surface area contributed by atoms with Crippen molar-refractivity contribution in [3.63, 3.8) is 0 Å². The van der Waals surface area contributed by atoms with Crippen LogP contribution in [0.25, 0.3) is 94.2 Å². The topological polar surface area (TPSA) is 69.6 Å². The van der Waals surface area contributed by atoms with Crippen molar-refractivity contribution in [2.24, 2.45) is 0 Å². The quantitative estimate of drug-likeness (QED) is 0.123. The van der Waals surface area contributed by atoms with Crippen LogP contribution >= 0.6 is 0 Å². The molecule has 0 unspecified atom stereocenters. The summed E-state index contributed by atoms with van der Waals surface area (Å²) in [6.07, 6.45) is 3.84. The van der Waals surface area contributed by atoms with E-state index in [1.54, 1.807) is 0 Å². The van der Waals surface area contributed by atoms with Gasteiger partial charge in [0.15, 0.2) is 0 Å². The third-order valence-corrected chi connectivity index (χ3v) is 13.0. The SMILES string of the molecule is CC(C)(C)c1ccnc(-c2[c-]cccc2)n1.CC(C)c1cc(-c2ccc(C(C)(C)C)cn2)cc(C(C)C)c1-n1c(-c2[c-]ccc3c2oc2cc4c(ccc5ccccc54)cc23)nc2ccccc21.[Ir]. The molecule has 0 N–H and O–H groups in total. The number of rotatable bonds is 6. The molecule has 0 atom stereocenters. The van der Waals surface area contributed by atoms with Gasteiger partial charge < -0.3 is 8.98 Å². The Morgan fingerprint density at radius 3 is 2.01 bits per heavy atom. The van der Waals surface area contributed by atoms with Crippen molar-refractivity contribution in [3.8, 4) is 39.7 Å². The van der Waals surface area contributed by atoms with E-state index >= 15 is 0 Å². The van der Waals surface area contributed by atoms with Gasteiger partial charge in [0.05, 0.1) is 34.0 Å². The Morgan fingerprint density at radius 2 is 1.32 bits per heavy atom. The second-order valence-electron chi connectivity index (χ2n) is 20.6. The number of imidazole rings is 1. The van der Waals surface area contributed by atoms with Crippen molar-refractivity contribution in [1.29, 1.82) is 0 Å². The number of para-hydroxylation sites is 2. The van der Waals surface area contributed by atoms with Crippen LogP contribution in [0, 0.1) is 12.1 Å². The molecule has 0 spiro atoms. The normalized spacial score (nSPS) is 12.1. The number of pyridine rings is 1. The molecule has 7 aromatic carbocycles. The summed E-state index contributed by atoms with van der Waals surface area (Å²) in [4.78, 5) is 19.2. The largest absolute Gasteiger partial charge is 0.501 e. The van der Waals surface area contributed by atoms with Gasteiger partial charge >= 0.3 is 0 Å². The summed E-state index contributed by atoms with van der Waals surface area (Å²) in [5, 5.41) is 6.98. The number of fused-ring (bicyclic) bond motifs is 7. The molecule has 0 bridgehead atoms. The molecule has 0 aliphatic carbocycles. The van der Waals surface area contributed by atoms with E-state index in [1.807, 2.05) is 48.8 Å². The summed E-state index contributed by atoms with van der Waals surface area (Å²) >= 11 is 0. The Morgan fingerprint density at radius 1 is 0.594 bits per heavy atom. The number of hydrogen-bond donors (Lipinski definition) is 0. The van der Waals surface area contributed by atoms with E-state index in [2.05, 4.69) is 199 Å². The second-order valence-corrected chi connectivity index (χ2v) is 20.6. The number of aromatic nitrogens is 5. The van der Waals surface area contributed by atoms with E-state index in [9.17, 15) is 0 Å². The number of furan rings is 1. The maximum absolute atomic E-state index is 6.85. The summed E-state index contributed by atoms with van der Waals surface area (Å²) in [7, 11) is 0. The predicted molar refractivity (Wildman–Crippen MR) is 283 cm³/mol. The van der Waals surface area contributed by atoms with Crippen LogP contribution in [0.15, 0.2) is 156 Å². The molecule has 0 saturated carbocycles. The molecule has 0 aliphatic rings. The number of nitrogens with zero attached hydrogens (tertiary/aromatic N) is 5. The maximum atomic E-state index is 6.85. The maximum Gasteiger partial charge on any atom is 0.121 e. The van der Waals surface area contributed by atoms with Gasteiger partial charge in [-0.15, -0.1) is 54.1 Å². The minimum Gasteiger partial charge on any atom is -0.501 e. The molecular weight excluding hydrogens is 1020 g/mol. The molecule has 4 heterocycles.